The van der Waals surface area contributed by atoms with Crippen LogP contribution in [0.5, 0.6) is 0 Å². The standard InChI is InChI=1S/C7H11N2.F6P/c1-7(2)9-5-4-8(3)6-9;1-7(2,3,4,5)6/h4-6H,1H2,2-3H3;/q+1;-1. The molecule has 0 saturated carbocycles. The summed E-state index contributed by atoms with van der Waals surface area (Å²) in [6.07, 6.45) is 5.93. The number of hydrogen-bond donors (Lipinski definition) is 0. The number of allylic oxidation sites excluding steroid dienone is 1. The van der Waals surface area contributed by atoms with Gasteiger partial charge in [0.25, 0.3) is 0 Å². The predicted octanol–water partition coefficient (Wildman–Crippen LogP) is 4.19. The van der Waals surface area contributed by atoms with Gasteiger partial charge in [0, 0.05) is 0 Å². The quantitative estimate of drug-likeness (QED) is 0.410. The molecule has 1 aromatic rings. The molecule has 0 unspecified atom stereocenters. The SMILES string of the molecule is C=C(C)n1cc[n+](C)c1.F[P-](F)(F)(F)(F)F. The van der Waals surface area contributed by atoms with Crippen molar-refractivity contribution in [1.29, 1.82) is 0 Å². The topological polar surface area (TPSA) is 8.81 Å². The van der Waals surface area contributed by atoms with Crippen LogP contribution in [0.4, 0.5) is 25.2 Å². The van der Waals surface area contributed by atoms with Crippen molar-refractivity contribution in [2.24, 2.45) is 7.05 Å². The second-order valence-corrected chi connectivity index (χ2v) is 5.10. The monoisotopic (exact) mass is 268 g/mol. The zero-order valence-corrected chi connectivity index (χ0v) is 9.44. The molecular weight excluding hydrogens is 257 g/mol. The molecule has 0 aliphatic carbocycles. The van der Waals surface area contributed by atoms with Crippen molar-refractivity contribution in [2.45, 2.75) is 6.92 Å². The van der Waals surface area contributed by atoms with E-state index in [-0.39, 0.29) is 0 Å². The van der Waals surface area contributed by atoms with Crippen LogP contribution in [0.15, 0.2) is 25.3 Å². The molecule has 2 nitrogen and oxygen atoms in total. The first-order valence-corrected chi connectivity index (χ1v) is 5.93. The van der Waals surface area contributed by atoms with Crippen LogP contribution in [-0.2, 0) is 7.05 Å². The summed E-state index contributed by atoms with van der Waals surface area (Å²) in [6.45, 7) is 5.76. The van der Waals surface area contributed by atoms with Gasteiger partial charge in [-0.15, -0.1) is 0 Å². The average Bonchev–Trinajstić information content (AvgIpc) is 2.27. The molecule has 0 amide bonds. The third kappa shape index (κ3) is 13.0. The van der Waals surface area contributed by atoms with E-state index in [1.54, 1.807) is 0 Å². The normalized spacial score (nSPS) is 15.5. The molecule has 16 heavy (non-hydrogen) atoms. The van der Waals surface area contributed by atoms with Gasteiger partial charge < -0.3 is 0 Å². The zero-order valence-electron chi connectivity index (χ0n) is 8.55. The summed E-state index contributed by atoms with van der Waals surface area (Å²) in [5, 5.41) is 0. The van der Waals surface area contributed by atoms with E-state index in [0.717, 1.165) is 5.70 Å². The van der Waals surface area contributed by atoms with Crippen LogP contribution in [0.25, 0.3) is 5.70 Å². The fourth-order valence-electron chi connectivity index (χ4n) is 0.676. The Kier molecular flexibility index (Phi) is 3.25. The Bertz CT molecular complexity index is 378. The van der Waals surface area contributed by atoms with Crippen molar-refractivity contribution in [1.82, 2.24) is 4.57 Å². The number of halogens is 6. The van der Waals surface area contributed by atoms with E-state index in [1.165, 1.54) is 0 Å². The fourth-order valence-corrected chi connectivity index (χ4v) is 0.676. The molecule has 96 valence electrons. The van der Waals surface area contributed by atoms with Crippen LogP contribution >= 0.6 is 7.81 Å². The van der Waals surface area contributed by atoms with Gasteiger partial charge in [-0.1, -0.05) is 6.58 Å². The van der Waals surface area contributed by atoms with Crippen LogP contribution < -0.4 is 4.57 Å². The van der Waals surface area contributed by atoms with E-state index in [9.17, 15) is 25.2 Å². The van der Waals surface area contributed by atoms with E-state index in [1.807, 2.05) is 41.8 Å². The molecule has 9 heteroatoms. The third-order valence-electron chi connectivity index (χ3n) is 1.21. The van der Waals surface area contributed by atoms with E-state index < -0.39 is 7.81 Å². The van der Waals surface area contributed by atoms with Gasteiger partial charge in [-0.05, 0) is 6.92 Å². The van der Waals surface area contributed by atoms with Gasteiger partial charge in [0.05, 0.1) is 12.7 Å². The van der Waals surface area contributed by atoms with Gasteiger partial charge >= 0.3 is 33.0 Å². The van der Waals surface area contributed by atoms with Crippen LogP contribution in [0.1, 0.15) is 6.92 Å². The van der Waals surface area contributed by atoms with E-state index in [4.69, 9.17) is 0 Å². The molecule has 0 fully saturated rings. The summed E-state index contributed by atoms with van der Waals surface area (Å²) in [5.74, 6) is 0. The summed E-state index contributed by atoms with van der Waals surface area (Å²) >= 11 is 0. The van der Waals surface area contributed by atoms with Crippen molar-refractivity contribution in [3.05, 3.63) is 25.3 Å². The summed E-state index contributed by atoms with van der Waals surface area (Å²) in [5.41, 5.74) is 1.04. The number of nitrogens with zero attached hydrogens (tertiary/aromatic N) is 2. The van der Waals surface area contributed by atoms with E-state index in [2.05, 4.69) is 6.58 Å². The Labute approximate surface area is 88.0 Å². The van der Waals surface area contributed by atoms with Crippen LogP contribution in [0.3, 0.4) is 0 Å². The summed E-state index contributed by atoms with van der Waals surface area (Å²) in [6, 6.07) is 0. The Morgan fingerprint density at radius 1 is 1.19 bits per heavy atom. The Balaban J connectivity index is 0.000000293. The van der Waals surface area contributed by atoms with Gasteiger partial charge in [-0.2, -0.15) is 0 Å². The summed E-state index contributed by atoms with van der Waals surface area (Å²) in [7, 11) is -8.67. The molecule has 1 rings (SSSR count). The van der Waals surface area contributed by atoms with Crippen molar-refractivity contribution in [2.75, 3.05) is 0 Å². The van der Waals surface area contributed by atoms with Gasteiger partial charge in [0.1, 0.15) is 12.4 Å². The first kappa shape index (κ1) is 15.0. The van der Waals surface area contributed by atoms with Crippen LogP contribution in [0, 0.1) is 0 Å². The molecular formula is C7H11F6N2P. The number of imidazole rings is 1. The van der Waals surface area contributed by atoms with Gasteiger partial charge in [-0.3, -0.25) is 0 Å². The minimum absolute atomic E-state index is 1.04. The second kappa shape index (κ2) is 3.48. The molecule has 0 N–H and O–H groups in total. The maximum absolute atomic E-state index is 10.7. The zero-order chi connectivity index (χ0) is 13.3. The van der Waals surface area contributed by atoms with Gasteiger partial charge in [-0.25, -0.2) is 9.13 Å². The maximum atomic E-state index is 9.87. The molecule has 0 bridgehead atoms. The Hall–Kier alpha value is -1.04. The molecule has 0 aliphatic rings. The molecule has 1 aromatic heterocycles. The molecule has 0 saturated heterocycles. The molecule has 0 aliphatic heterocycles. The second-order valence-electron chi connectivity index (χ2n) is 3.18. The van der Waals surface area contributed by atoms with E-state index >= 15 is 0 Å². The summed E-state index contributed by atoms with van der Waals surface area (Å²) < 4.78 is 63.1. The summed E-state index contributed by atoms with van der Waals surface area (Å²) in [4.78, 5) is 0. The molecule has 0 atom stereocenters. The Morgan fingerprint density at radius 3 is 1.69 bits per heavy atom. The molecule has 0 radical (unpaired) electrons. The van der Waals surface area contributed by atoms with Crippen molar-refractivity contribution < 1.29 is 29.7 Å². The number of rotatable bonds is 1. The first-order chi connectivity index (χ1) is 6.65. The van der Waals surface area contributed by atoms with Crippen molar-refractivity contribution >= 4 is 13.5 Å². The number of aryl methyl sites for hydroxylation is 1. The molecule has 0 spiro atoms. The number of aromatic nitrogens is 2. The molecule has 0 aromatic carbocycles. The van der Waals surface area contributed by atoms with E-state index in [0.29, 0.717) is 0 Å². The molecule has 1 heterocycles. The fraction of sp³-hybridized carbons (Fsp3) is 0.286. The first-order valence-electron chi connectivity index (χ1n) is 3.90. The van der Waals surface area contributed by atoms with Crippen molar-refractivity contribution in [3.63, 3.8) is 0 Å². The van der Waals surface area contributed by atoms with Crippen LogP contribution in [-0.4, -0.2) is 4.57 Å². The minimum atomic E-state index is -10.7. The third-order valence-corrected chi connectivity index (χ3v) is 1.21. The average molecular weight is 268 g/mol. The number of hydrogen-bond acceptors (Lipinski definition) is 0. The predicted molar refractivity (Wildman–Crippen MR) is 50.2 cm³/mol. The Morgan fingerprint density at radius 2 is 1.56 bits per heavy atom. The van der Waals surface area contributed by atoms with Crippen LogP contribution in [0.2, 0.25) is 0 Å². The van der Waals surface area contributed by atoms with Gasteiger partial charge in [0.15, 0.2) is 0 Å². The van der Waals surface area contributed by atoms with Crippen molar-refractivity contribution in [3.8, 4) is 0 Å². The van der Waals surface area contributed by atoms with Gasteiger partial charge in [0.2, 0.25) is 6.33 Å².